The minimum Gasteiger partial charge on any atom is -0.352 e. The van der Waals surface area contributed by atoms with Crippen LogP contribution in [0.5, 0.6) is 0 Å². The number of urea groups is 1. The summed E-state index contributed by atoms with van der Waals surface area (Å²) in [7, 11) is 0. The number of hydrogen-bond acceptors (Lipinski definition) is 3. The average Bonchev–Trinajstić information content (AvgIpc) is 3.13. The zero-order valence-electron chi connectivity index (χ0n) is 14.2. The van der Waals surface area contributed by atoms with E-state index in [9.17, 15) is 18.8 Å². The SMILES string of the molecule is Cc1ccc(CNC(=O)CCN2C(=O)NC3(CCCC3)C2=O)cc1F. The lowest BCUT2D eigenvalue weighted by molar-refractivity contribution is -0.131. The molecule has 1 aliphatic heterocycles. The van der Waals surface area contributed by atoms with E-state index in [0.29, 0.717) is 24.0 Å². The fourth-order valence-electron chi connectivity index (χ4n) is 3.45. The molecular weight excluding hydrogens is 325 g/mol. The van der Waals surface area contributed by atoms with Gasteiger partial charge in [-0.2, -0.15) is 0 Å². The molecule has 2 aliphatic rings. The predicted octanol–water partition coefficient (Wildman–Crippen LogP) is 2.01. The lowest BCUT2D eigenvalue weighted by atomic mass is 9.98. The molecule has 0 aromatic heterocycles. The first-order valence-corrected chi connectivity index (χ1v) is 8.57. The first-order chi connectivity index (χ1) is 11.9. The highest BCUT2D eigenvalue weighted by Crippen LogP contribution is 2.34. The quantitative estimate of drug-likeness (QED) is 0.800. The molecule has 0 bridgehead atoms. The van der Waals surface area contributed by atoms with Crippen LogP contribution in [0.4, 0.5) is 9.18 Å². The second kappa shape index (κ2) is 6.82. The molecule has 1 aromatic carbocycles. The molecule has 3 rings (SSSR count). The molecular formula is C18H22FN3O3. The Kier molecular flexibility index (Phi) is 4.74. The number of nitrogens with one attached hydrogen (secondary N) is 2. The molecule has 7 heteroatoms. The molecule has 1 spiro atoms. The molecule has 1 aliphatic carbocycles. The lowest BCUT2D eigenvalue weighted by Gasteiger charge is -2.19. The van der Waals surface area contributed by atoms with Crippen molar-refractivity contribution in [2.24, 2.45) is 0 Å². The predicted molar refractivity (Wildman–Crippen MR) is 89.0 cm³/mol. The van der Waals surface area contributed by atoms with Gasteiger partial charge in [0.05, 0.1) is 0 Å². The number of aryl methyl sites for hydroxylation is 1. The molecule has 1 aromatic rings. The van der Waals surface area contributed by atoms with Crippen molar-refractivity contribution in [2.75, 3.05) is 6.54 Å². The van der Waals surface area contributed by atoms with E-state index < -0.39 is 11.6 Å². The van der Waals surface area contributed by atoms with E-state index in [4.69, 9.17) is 0 Å². The summed E-state index contributed by atoms with van der Waals surface area (Å²) in [4.78, 5) is 37.6. The van der Waals surface area contributed by atoms with Crippen LogP contribution in [0.1, 0.15) is 43.2 Å². The maximum Gasteiger partial charge on any atom is 0.325 e. The van der Waals surface area contributed by atoms with Gasteiger partial charge in [-0.05, 0) is 37.0 Å². The summed E-state index contributed by atoms with van der Waals surface area (Å²) < 4.78 is 13.5. The van der Waals surface area contributed by atoms with E-state index in [1.165, 1.54) is 6.07 Å². The van der Waals surface area contributed by atoms with Crippen LogP contribution >= 0.6 is 0 Å². The Morgan fingerprint density at radius 1 is 1.32 bits per heavy atom. The largest absolute Gasteiger partial charge is 0.352 e. The van der Waals surface area contributed by atoms with E-state index in [0.717, 1.165) is 17.7 Å². The van der Waals surface area contributed by atoms with Gasteiger partial charge in [-0.15, -0.1) is 0 Å². The van der Waals surface area contributed by atoms with Gasteiger partial charge in [-0.3, -0.25) is 14.5 Å². The Bertz CT molecular complexity index is 714. The third kappa shape index (κ3) is 3.50. The molecule has 0 atom stereocenters. The summed E-state index contributed by atoms with van der Waals surface area (Å²) >= 11 is 0. The molecule has 1 heterocycles. The zero-order valence-corrected chi connectivity index (χ0v) is 14.2. The van der Waals surface area contributed by atoms with Gasteiger partial charge in [0.15, 0.2) is 0 Å². The molecule has 1 saturated carbocycles. The van der Waals surface area contributed by atoms with Crippen LogP contribution in [0.15, 0.2) is 18.2 Å². The fraction of sp³-hybridized carbons (Fsp3) is 0.500. The Hall–Kier alpha value is -2.44. The normalized spacial score (nSPS) is 18.7. The van der Waals surface area contributed by atoms with Crippen molar-refractivity contribution in [3.63, 3.8) is 0 Å². The summed E-state index contributed by atoms with van der Waals surface area (Å²) in [6.45, 7) is 1.94. The van der Waals surface area contributed by atoms with Crippen molar-refractivity contribution < 1.29 is 18.8 Å². The maximum absolute atomic E-state index is 13.5. The topological polar surface area (TPSA) is 78.5 Å². The van der Waals surface area contributed by atoms with Gasteiger partial charge in [-0.25, -0.2) is 9.18 Å². The molecule has 4 amide bonds. The number of hydrogen-bond donors (Lipinski definition) is 2. The maximum atomic E-state index is 13.5. The summed E-state index contributed by atoms with van der Waals surface area (Å²) in [5.41, 5.74) is 0.471. The molecule has 134 valence electrons. The van der Waals surface area contributed by atoms with Crippen LogP contribution in [0.3, 0.4) is 0 Å². The van der Waals surface area contributed by atoms with Crippen molar-refractivity contribution >= 4 is 17.8 Å². The van der Waals surface area contributed by atoms with E-state index in [2.05, 4.69) is 10.6 Å². The number of carbonyl (C=O) groups excluding carboxylic acids is 3. The van der Waals surface area contributed by atoms with Crippen molar-refractivity contribution in [1.29, 1.82) is 0 Å². The minimum absolute atomic E-state index is 0.0313. The second-order valence-corrected chi connectivity index (χ2v) is 6.79. The van der Waals surface area contributed by atoms with Gasteiger partial charge in [0.25, 0.3) is 5.91 Å². The summed E-state index contributed by atoms with van der Waals surface area (Å²) in [5, 5.41) is 5.47. The van der Waals surface area contributed by atoms with Crippen LogP contribution in [0.25, 0.3) is 0 Å². The smallest absolute Gasteiger partial charge is 0.325 e. The van der Waals surface area contributed by atoms with Crippen LogP contribution in [-0.4, -0.2) is 34.8 Å². The highest BCUT2D eigenvalue weighted by atomic mass is 19.1. The monoisotopic (exact) mass is 347 g/mol. The van der Waals surface area contributed by atoms with Crippen LogP contribution in [-0.2, 0) is 16.1 Å². The molecule has 1 saturated heterocycles. The number of amides is 4. The van der Waals surface area contributed by atoms with Gasteiger partial charge in [0.2, 0.25) is 5.91 Å². The minimum atomic E-state index is -0.743. The number of carbonyl (C=O) groups is 3. The first-order valence-electron chi connectivity index (χ1n) is 8.57. The first kappa shape index (κ1) is 17.4. The summed E-state index contributed by atoms with van der Waals surface area (Å²) in [6, 6.07) is 4.38. The molecule has 6 nitrogen and oxygen atoms in total. The van der Waals surface area contributed by atoms with E-state index >= 15 is 0 Å². The Morgan fingerprint density at radius 3 is 2.72 bits per heavy atom. The van der Waals surface area contributed by atoms with Gasteiger partial charge in [0.1, 0.15) is 11.4 Å². The van der Waals surface area contributed by atoms with Gasteiger partial charge < -0.3 is 10.6 Å². The van der Waals surface area contributed by atoms with E-state index in [-0.39, 0.29) is 37.1 Å². The Labute approximate surface area is 145 Å². The molecule has 0 radical (unpaired) electrons. The van der Waals surface area contributed by atoms with Crippen molar-refractivity contribution in [3.8, 4) is 0 Å². The lowest BCUT2D eigenvalue weighted by Crippen LogP contribution is -2.44. The van der Waals surface area contributed by atoms with Crippen molar-refractivity contribution in [1.82, 2.24) is 15.5 Å². The van der Waals surface area contributed by atoms with Crippen LogP contribution in [0, 0.1) is 12.7 Å². The van der Waals surface area contributed by atoms with Crippen LogP contribution in [0.2, 0.25) is 0 Å². The summed E-state index contributed by atoms with van der Waals surface area (Å²) in [6.07, 6.45) is 3.21. The number of nitrogens with zero attached hydrogens (tertiary/aromatic N) is 1. The highest BCUT2D eigenvalue weighted by Gasteiger charge is 2.52. The molecule has 2 N–H and O–H groups in total. The number of halogens is 1. The number of imide groups is 1. The van der Waals surface area contributed by atoms with Crippen LogP contribution < -0.4 is 10.6 Å². The standard InChI is InChI=1S/C18H22FN3O3/c1-12-4-5-13(10-14(12)19)11-20-15(23)6-9-22-16(24)18(21-17(22)25)7-2-3-8-18/h4-5,10H,2-3,6-9,11H2,1H3,(H,20,23)(H,21,25). The van der Waals surface area contributed by atoms with Gasteiger partial charge >= 0.3 is 6.03 Å². The summed E-state index contributed by atoms with van der Waals surface area (Å²) in [5.74, 6) is -0.815. The highest BCUT2D eigenvalue weighted by molar-refractivity contribution is 6.07. The van der Waals surface area contributed by atoms with E-state index in [1.54, 1.807) is 19.1 Å². The third-order valence-electron chi connectivity index (χ3n) is 4.99. The number of benzene rings is 1. The molecule has 25 heavy (non-hydrogen) atoms. The van der Waals surface area contributed by atoms with Gasteiger partial charge in [-0.1, -0.05) is 25.0 Å². The van der Waals surface area contributed by atoms with E-state index in [1.807, 2.05) is 0 Å². The fourth-order valence-corrected chi connectivity index (χ4v) is 3.45. The molecule has 0 unspecified atom stereocenters. The second-order valence-electron chi connectivity index (χ2n) is 6.79. The van der Waals surface area contributed by atoms with Crippen molar-refractivity contribution in [3.05, 3.63) is 35.1 Å². The van der Waals surface area contributed by atoms with Gasteiger partial charge in [0, 0.05) is 19.5 Å². The third-order valence-corrected chi connectivity index (χ3v) is 4.99. The average molecular weight is 347 g/mol. The van der Waals surface area contributed by atoms with Crippen molar-refractivity contribution in [2.45, 2.75) is 51.1 Å². The number of rotatable bonds is 5. The Balaban J connectivity index is 1.49. The Morgan fingerprint density at radius 2 is 2.04 bits per heavy atom. The molecule has 2 fully saturated rings. The zero-order chi connectivity index (χ0) is 18.0.